The lowest BCUT2D eigenvalue weighted by Gasteiger charge is -2.30. The fourth-order valence-corrected chi connectivity index (χ4v) is 4.12. The van der Waals surface area contributed by atoms with Crippen LogP contribution in [0.4, 0.5) is 5.69 Å². The topological polar surface area (TPSA) is 59.0 Å². The van der Waals surface area contributed by atoms with Gasteiger partial charge >= 0.3 is 5.97 Å². The first-order valence-electron chi connectivity index (χ1n) is 9.60. The Morgan fingerprint density at radius 3 is 2.68 bits per heavy atom. The van der Waals surface area contributed by atoms with Gasteiger partial charge in [0, 0.05) is 23.6 Å². The first kappa shape index (κ1) is 20.6. The number of fused-ring (bicyclic) bond motifs is 1. The number of carbonyl (C=O) groups is 1. The van der Waals surface area contributed by atoms with Crippen molar-refractivity contribution in [3.05, 3.63) is 54.1 Å². The number of para-hydroxylation sites is 1. The molecule has 2 aromatic carbocycles. The Balaban J connectivity index is 1.47. The maximum absolute atomic E-state index is 11.7. The van der Waals surface area contributed by atoms with E-state index in [0.717, 1.165) is 30.2 Å². The largest absolute Gasteiger partial charge is 0.492 e. The van der Waals surface area contributed by atoms with Crippen molar-refractivity contribution >= 4 is 23.4 Å². The number of benzene rings is 2. The number of nitrogens with zero attached hydrogens (tertiary/aromatic N) is 1. The monoisotopic (exact) mass is 401 g/mol. The number of hydrogen-bond acceptors (Lipinski definition) is 6. The second kappa shape index (κ2) is 9.85. The molecule has 0 aromatic heterocycles. The van der Waals surface area contributed by atoms with Crippen LogP contribution in [0.2, 0.25) is 0 Å². The molecule has 0 spiro atoms. The van der Waals surface area contributed by atoms with Gasteiger partial charge in [-0.25, -0.2) is 4.79 Å². The zero-order chi connectivity index (χ0) is 19.9. The predicted octanol–water partition coefficient (Wildman–Crippen LogP) is 3.53. The number of esters is 1. The van der Waals surface area contributed by atoms with Gasteiger partial charge in [-0.3, -0.25) is 0 Å². The van der Waals surface area contributed by atoms with E-state index < -0.39 is 12.1 Å². The summed E-state index contributed by atoms with van der Waals surface area (Å²) in [4.78, 5) is 15.4. The van der Waals surface area contributed by atoms with Crippen molar-refractivity contribution in [2.24, 2.45) is 0 Å². The molecular formula is C22H27NO4S. The first-order chi connectivity index (χ1) is 13.5. The van der Waals surface area contributed by atoms with Gasteiger partial charge < -0.3 is 19.5 Å². The SMILES string of the molecule is CC(C)OC(=O)C(O)Cc1ccc(OCCN2CCSc3ccccc32)cc1. The Labute approximate surface area is 170 Å². The second-order valence-electron chi connectivity index (χ2n) is 7.00. The quantitative estimate of drug-likeness (QED) is 0.683. The highest BCUT2D eigenvalue weighted by Gasteiger charge is 2.19. The van der Waals surface area contributed by atoms with Crippen LogP contribution in [0.1, 0.15) is 19.4 Å². The Morgan fingerprint density at radius 2 is 1.93 bits per heavy atom. The smallest absolute Gasteiger partial charge is 0.335 e. The van der Waals surface area contributed by atoms with Crippen molar-refractivity contribution in [3.63, 3.8) is 0 Å². The van der Waals surface area contributed by atoms with Crippen LogP contribution < -0.4 is 9.64 Å². The number of carbonyl (C=O) groups excluding carboxylic acids is 1. The molecule has 5 nitrogen and oxygen atoms in total. The summed E-state index contributed by atoms with van der Waals surface area (Å²) in [5.74, 6) is 1.28. The molecular weight excluding hydrogens is 374 g/mol. The van der Waals surface area contributed by atoms with E-state index in [-0.39, 0.29) is 12.5 Å². The number of rotatable bonds is 8. The van der Waals surface area contributed by atoms with Gasteiger partial charge in [0.2, 0.25) is 0 Å². The highest BCUT2D eigenvalue weighted by atomic mass is 32.2. The van der Waals surface area contributed by atoms with Gasteiger partial charge in [-0.2, -0.15) is 0 Å². The minimum absolute atomic E-state index is 0.230. The number of aliphatic hydroxyl groups is 1. The van der Waals surface area contributed by atoms with Crippen molar-refractivity contribution < 1.29 is 19.4 Å². The van der Waals surface area contributed by atoms with E-state index in [1.165, 1.54) is 10.6 Å². The summed E-state index contributed by atoms with van der Waals surface area (Å²) in [6, 6.07) is 16.0. The van der Waals surface area contributed by atoms with Gasteiger partial charge in [-0.05, 0) is 43.7 Å². The summed E-state index contributed by atoms with van der Waals surface area (Å²) < 4.78 is 10.9. The Bertz CT molecular complexity index is 778. The summed E-state index contributed by atoms with van der Waals surface area (Å²) >= 11 is 1.90. The Kier molecular flexibility index (Phi) is 7.23. The van der Waals surface area contributed by atoms with E-state index in [1.807, 2.05) is 36.0 Å². The van der Waals surface area contributed by atoms with Crippen LogP contribution in [0.15, 0.2) is 53.4 Å². The number of anilines is 1. The fraction of sp³-hybridized carbons (Fsp3) is 0.409. The molecule has 3 rings (SSSR count). The lowest BCUT2D eigenvalue weighted by Crippen LogP contribution is -2.33. The van der Waals surface area contributed by atoms with Crippen molar-refractivity contribution in [3.8, 4) is 5.75 Å². The summed E-state index contributed by atoms with van der Waals surface area (Å²) in [6.45, 7) is 5.98. The van der Waals surface area contributed by atoms with Gasteiger partial charge in [0.05, 0.1) is 18.3 Å². The average molecular weight is 402 g/mol. The molecule has 0 aliphatic carbocycles. The lowest BCUT2D eigenvalue weighted by atomic mass is 10.1. The van der Waals surface area contributed by atoms with Crippen LogP contribution in [-0.2, 0) is 16.0 Å². The van der Waals surface area contributed by atoms with Crippen LogP contribution in [0.5, 0.6) is 5.75 Å². The van der Waals surface area contributed by atoms with Gasteiger partial charge in [-0.15, -0.1) is 11.8 Å². The second-order valence-corrected chi connectivity index (χ2v) is 8.14. The normalized spacial score (nSPS) is 14.5. The molecule has 28 heavy (non-hydrogen) atoms. The van der Waals surface area contributed by atoms with Gasteiger partial charge in [-0.1, -0.05) is 24.3 Å². The molecule has 1 heterocycles. The Hall–Kier alpha value is -2.18. The summed E-state index contributed by atoms with van der Waals surface area (Å²) in [5, 5.41) is 9.94. The molecule has 1 unspecified atom stereocenters. The molecule has 2 aromatic rings. The van der Waals surface area contributed by atoms with Gasteiger partial charge in [0.25, 0.3) is 0 Å². The van der Waals surface area contributed by atoms with E-state index in [4.69, 9.17) is 9.47 Å². The van der Waals surface area contributed by atoms with Crippen LogP contribution in [0, 0.1) is 0 Å². The van der Waals surface area contributed by atoms with E-state index >= 15 is 0 Å². The van der Waals surface area contributed by atoms with Crippen LogP contribution in [-0.4, -0.2) is 48.7 Å². The molecule has 0 fully saturated rings. The van der Waals surface area contributed by atoms with Crippen LogP contribution in [0.25, 0.3) is 0 Å². The predicted molar refractivity (Wildman–Crippen MR) is 112 cm³/mol. The molecule has 1 aliphatic heterocycles. The standard InChI is InChI=1S/C22H27NO4S/c1-16(2)27-22(25)20(24)15-17-7-9-18(10-8-17)26-13-11-23-12-14-28-21-6-4-3-5-19(21)23/h3-10,16,20,24H,11-15H2,1-2H3. The van der Waals surface area contributed by atoms with Crippen LogP contribution in [0.3, 0.4) is 0 Å². The lowest BCUT2D eigenvalue weighted by molar-refractivity contribution is -0.157. The van der Waals surface area contributed by atoms with E-state index in [9.17, 15) is 9.90 Å². The highest BCUT2D eigenvalue weighted by Crippen LogP contribution is 2.33. The zero-order valence-corrected chi connectivity index (χ0v) is 17.2. The third-order valence-electron chi connectivity index (χ3n) is 4.43. The summed E-state index contributed by atoms with van der Waals surface area (Å²) in [6.07, 6.45) is -1.15. The van der Waals surface area contributed by atoms with Crippen molar-refractivity contribution in [2.45, 2.75) is 37.4 Å². The number of aliphatic hydroxyl groups excluding tert-OH is 1. The van der Waals surface area contributed by atoms with Gasteiger partial charge in [0.1, 0.15) is 12.4 Å². The van der Waals surface area contributed by atoms with E-state index in [0.29, 0.717) is 6.61 Å². The molecule has 150 valence electrons. The first-order valence-corrected chi connectivity index (χ1v) is 10.6. The number of ether oxygens (including phenoxy) is 2. The van der Waals surface area contributed by atoms with Crippen molar-refractivity contribution in [1.29, 1.82) is 0 Å². The molecule has 0 saturated heterocycles. The molecule has 1 atom stereocenters. The molecule has 0 bridgehead atoms. The third kappa shape index (κ3) is 5.66. The molecule has 0 radical (unpaired) electrons. The number of thioether (sulfide) groups is 1. The molecule has 1 N–H and O–H groups in total. The minimum Gasteiger partial charge on any atom is -0.492 e. The third-order valence-corrected chi connectivity index (χ3v) is 5.47. The van der Waals surface area contributed by atoms with Crippen molar-refractivity contribution in [1.82, 2.24) is 0 Å². The zero-order valence-electron chi connectivity index (χ0n) is 16.3. The van der Waals surface area contributed by atoms with E-state index in [2.05, 4.69) is 29.2 Å². The number of hydrogen-bond donors (Lipinski definition) is 1. The molecule has 1 aliphatic rings. The fourth-order valence-electron chi connectivity index (χ4n) is 3.07. The highest BCUT2D eigenvalue weighted by molar-refractivity contribution is 7.99. The van der Waals surface area contributed by atoms with Gasteiger partial charge in [0.15, 0.2) is 6.10 Å². The van der Waals surface area contributed by atoms with Crippen molar-refractivity contribution in [2.75, 3.05) is 30.3 Å². The van der Waals surface area contributed by atoms with E-state index in [1.54, 1.807) is 13.8 Å². The summed E-state index contributed by atoms with van der Waals surface area (Å²) in [5.41, 5.74) is 2.14. The molecule has 6 heteroatoms. The maximum atomic E-state index is 11.7. The summed E-state index contributed by atoms with van der Waals surface area (Å²) in [7, 11) is 0. The minimum atomic E-state index is -1.15. The average Bonchev–Trinajstić information content (AvgIpc) is 2.69. The molecule has 0 saturated carbocycles. The molecule has 0 amide bonds. The Morgan fingerprint density at radius 1 is 1.18 bits per heavy atom. The van der Waals surface area contributed by atoms with Crippen LogP contribution >= 0.6 is 11.8 Å². The maximum Gasteiger partial charge on any atom is 0.335 e.